The van der Waals surface area contributed by atoms with Crippen LogP contribution in [0.3, 0.4) is 0 Å². The highest BCUT2D eigenvalue weighted by molar-refractivity contribution is 5.65. The van der Waals surface area contributed by atoms with Gasteiger partial charge in [0, 0.05) is 11.5 Å². The lowest BCUT2D eigenvalue weighted by atomic mass is 9.80. The van der Waals surface area contributed by atoms with Crippen molar-refractivity contribution >= 4 is 0 Å². The van der Waals surface area contributed by atoms with Gasteiger partial charge < -0.3 is 4.74 Å². The van der Waals surface area contributed by atoms with E-state index in [0.717, 1.165) is 36.7 Å². The van der Waals surface area contributed by atoms with Crippen molar-refractivity contribution in [3.05, 3.63) is 54.1 Å². The van der Waals surface area contributed by atoms with Gasteiger partial charge in [0.1, 0.15) is 5.75 Å². The number of hydrogen-bond donors (Lipinski definition) is 0. The largest absolute Gasteiger partial charge is 0.494 e. The molecule has 1 aliphatic carbocycles. The maximum absolute atomic E-state index is 5.76. The fraction of sp³-hybridized carbons (Fsp3) is 0.533. The molecule has 0 aromatic heterocycles. The molecule has 0 amide bonds. The maximum atomic E-state index is 5.76. The first-order valence-corrected chi connectivity index (χ1v) is 12.6. The topological polar surface area (TPSA) is 9.23 Å². The zero-order chi connectivity index (χ0) is 21.7. The van der Waals surface area contributed by atoms with Crippen LogP contribution >= 0.6 is 0 Å². The minimum atomic E-state index is 0.590. The lowest BCUT2D eigenvalue weighted by Crippen LogP contribution is -2.13. The predicted octanol–water partition coefficient (Wildman–Crippen LogP) is 8.66. The van der Waals surface area contributed by atoms with Crippen molar-refractivity contribution < 1.29 is 4.74 Å². The second kappa shape index (κ2) is 13.3. The summed E-state index contributed by atoms with van der Waals surface area (Å²) >= 11 is 0. The lowest BCUT2D eigenvalue weighted by Gasteiger charge is -2.25. The molecule has 0 bridgehead atoms. The smallest absolute Gasteiger partial charge is 0.119 e. The lowest BCUT2D eigenvalue weighted by molar-refractivity contribution is 0.294. The van der Waals surface area contributed by atoms with Crippen molar-refractivity contribution in [1.29, 1.82) is 0 Å². The van der Waals surface area contributed by atoms with Gasteiger partial charge in [-0.1, -0.05) is 88.5 Å². The maximum Gasteiger partial charge on any atom is 0.119 e. The summed E-state index contributed by atoms with van der Waals surface area (Å²) in [6.45, 7) is 5.27. The van der Waals surface area contributed by atoms with Crippen LogP contribution in [0.15, 0.2) is 48.5 Å². The van der Waals surface area contributed by atoms with E-state index in [1.165, 1.54) is 68.9 Å². The monoisotopic (exact) mass is 416 g/mol. The van der Waals surface area contributed by atoms with Crippen LogP contribution in [0.25, 0.3) is 11.1 Å². The van der Waals surface area contributed by atoms with Crippen LogP contribution < -0.4 is 4.74 Å². The Labute approximate surface area is 190 Å². The Kier molecular flexibility index (Phi) is 10.0. The molecule has 0 aliphatic heterocycles. The summed E-state index contributed by atoms with van der Waals surface area (Å²) in [7, 11) is 0. The van der Waals surface area contributed by atoms with Crippen LogP contribution in [0.4, 0.5) is 0 Å². The van der Waals surface area contributed by atoms with E-state index >= 15 is 0 Å². The normalized spacial score (nSPS) is 18.3. The molecule has 0 unspecified atom stereocenters. The molecule has 1 saturated carbocycles. The fourth-order valence-corrected chi connectivity index (χ4v) is 4.46. The van der Waals surface area contributed by atoms with Crippen molar-refractivity contribution in [2.24, 2.45) is 11.8 Å². The summed E-state index contributed by atoms with van der Waals surface area (Å²) in [5.41, 5.74) is 3.58. The average Bonchev–Trinajstić information content (AvgIpc) is 2.82. The quantitative estimate of drug-likeness (QED) is 0.278. The second-order valence-corrected chi connectivity index (χ2v) is 9.14. The Hall–Kier alpha value is -2.20. The van der Waals surface area contributed by atoms with Crippen LogP contribution in [0.5, 0.6) is 5.75 Å². The van der Waals surface area contributed by atoms with Crippen molar-refractivity contribution in [1.82, 2.24) is 0 Å². The Balaban J connectivity index is 1.46. The standard InChI is InChI=1S/C30H40O/c1-3-5-7-8-9-25-10-12-26(13-11-25)14-15-27-16-18-28(19-17-27)29-20-22-30(23-21-29)31-24-6-4-2/h16-23,25-26H,3-13,24H2,1-2H3. The summed E-state index contributed by atoms with van der Waals surface area (Å²) in [6, 6.07) is 17.1. The van der Waals surface area contributed by atoms with Gasteiger partial charge >= 0.3 is 0 Å². The average molecular weight is 417 g/mol. The van der Waals surface area contributed by atoms with E-state index in [1.807, 2.05) is 0 Å². The molecule has 0 N–H and O–H groups in total. The van der Waals surface area contributed by atoms with E-state index in [0.29, 0.717) is 5.92 Å². The number of rotatable bonds is 10. The Morgan fingerprint density at radius 3 is 2.03 bits per heavy atom. The summed E-state index contributed by atoms with van der Waals surface area (Å²) in [6.07, 6.45) is 14.6. The van der Waals surface area contributed by atoms with Gasteiger partial charge in [-0.15, -0.1) is 0 Å². The van der Waals surface area contributed by atoms with Crippen LogP contribution in [0.2, 0.25) is 0 Å². The van der Waals surface area contributed by atoms with Gasteiger partial charge in [0.2, 0.25) is 0 Å². The Morgan fingerprint density at radius 1 is 0.742 bits per heavy atom. The molecule has 0 spiro atoms. The van der Waals surface area contributed by atoms with E-state index in [-0.39, 0.29) is 0 Å². The van der Waals surface area contributed by atoms with Crippen molar-refractivity contribution in [3.63, 3.8) is 0 Å². The van der Waals surface area contributed by atoms with Gasteiger partial charge in [-0.05, 0) is 73.4 Å². The Bertz CT molecular complexity index is 798. The van der Waals surface area contributed by atoms with Crippen LogP contribution in [-0.2, 0) is 0 Å². The molecule has 0 radical (unpaired) electrons. The van der Waals surface area contributed by atoms with Crippen molar-refractivity contribution in [3.8, 4) is 28.7 Å². The van der Waals surface area contributed by atoms with Gasteiger partial charge in [0.25, 0.3) is 0 Å². The molecule has 1 heteroatoms. The first kappa shape index (κ1) is 23.5. The van der Waals surface area contributed by atoms with E-state index in [1.54, 1.807) is 0 Å². The van der Waals surface area contributed by atoms with Gasteiger partial charge in [0.05, 0.1) is 6.61 Å². The van der Waals surface area contributed by atoms with E-state index in [2.05, 4.69) is 74.2 Å². The highest BCUT2D eigenvalue weighted by atomic mass is 16.5. The summed E-state index contributed by atoms with van der Waals surface area (Å²) in [5.74, 6) is 9.49. The van der Waals surface area contributed by atoms with Gasteiger partial charge in [-0.25, -0.2) is 0 Å². The fourth-order valence-electron chi connectivity index (χ4n) is 4.46. The predicted molar refractivity (Wildman–Crippen MR) is 133 cm³/mol. The summed E-state index contributed by atoms with van der Waals surface area (Å²) < 4.78 is 5.76. The molecule has 0 atom stereocenters. The van der Waals surface area contributed by atoms with Gasteiger partial charge in [0.15, 0.2) is 0 Å². The van der Waals surface area contributed by atoms with Crippen molar-refractivity contribution in [2.75, 3.05) is 6.61 Å². The number of ether oxygens (including phenoxy) is 1. The third kappa shape index (κ3) is 8.10. The molecule has 166 valence electrons. The zero-order valence-electron chi connectivity index (χ0n) is 19.7. The van der Waals surface area contributed by atoms with Gasteiger partial charge in [-0.2, -0.15) is 0 Å². The molecular formula is C30H40O. The minimum Gasteiger partial charge on any atom is -0.494 e. The highest BCUT2D eigenvalue weighted by Crippen LogP contribution is 2.32. The van der Waals surface area contributed by atoms with Crippen LogP contribution in [0.1, 0.15) is 90.0 Å². The van der Waals surface area contributed by atoms with E-state index in [4.69, 9.17) is 4.74 Å². The van der Waals surface area contributed by atoms with E-state index in [9.17, 15) is 0 Å². The molecule has 1 fully saturated rings. The summed E-state index contributed by atoms with van der Waals surface area (Å²) in [5, 5.41) is 0. The van der Waals surface area contributed by atoms with Gasteiger partial charge in [-0.3, -0.25) is 0 Å². The van der Waals surface area contributed by atoms with Crippen LogP contribution in [-0.4, -0.2) is 6.61 Å². The molecule has 2 aromatic rings. The zero-order valence-corrected chi connectivity index (χ0v) is 19.7. The molecule has 0 saturated heterocycles. The third-order valence-corrected chi connectivity index (χ3v) is 6.57. The minimum absolute atomic E-state index is 0.590. The second-order valence-electron chi connectivity index (χ2n) is 9.14. The number of hydrogen-bond acceptors (Lipinski definition) is 1. The van der Waals surface area contributed by atoms with E-state index < -0.39 is 0 Å². The summed E-state index contributed by atoms with van der Waals surface area (Å²) in [4.78, 5) is 0. The molecule has 1 nitrogen and oxygen atoms in total. The molecular weight excluding hydrogens is 376 g/mol. The first-order chi connectivity index (χ1) is 15.3. The molecule has 3 rings (SSSR count). The Morgan fingerprint density at radius 2 is 1.39 bits per heavy atom. The number of benzene rings is 2. The molecule has 2 aromatic carbocycles. The van der Waals surface area contributed by atoms with Crippen molar-refractivity contribution in [2.45, 2.75) is 84.5 Å². The SMILES string of the molecule is CCCCCCC1CCC(C#Cc2ccc(-c3ccc(OCCCC)cc3)cc2)CC1. The number of unbranched alkanes of at least 4 members (excludes halogenated alkanes) is 4. The molecule has 31 heavy (non-hydrogen) atoms. The highest BCUT2D eigenvalue weighted by Gasteiger charge is 2.19. The molecule has 0 heterocycles. The first-order valence-electron chi connectivity index (χ1n) is 12.6. The third-order valence-electron chi connectivity index (χ3n) is 6.57. The molecule has 1 aliphatic rings. The van der Waals surface area contributed by atoms with Crippen LogP contribution in [0, 0.1) is 23.7 Å².